The molecular formula is C51H51IrN3O-2. The van der Waals surface area contributed by atoms with Crippen molar-refractivity contribution in [2.75, 3.05) is 0 Å². The van der Waals surface area contributed by atoms with Crippen LogP contribution < -0.4 is 0 Å². The zero-order valence-corrected chi connectivity index (χ0v) is 36.7. The fourth-order valence-corrected chi connectivity index (χ4v) is 7.25. The van der Waals surface area contributed by atoms with Crippen molar-refractivity contribution in [1.82, 2.24) is 15.0 Å². The van der Waals surface area contributed by atoms with Crippen LogP contribution in [-0.4, -0.2) is 15.0 Å². The molecule has 287 valence electrons. The first-order chi connectivity index (χ1) is 26.1. The molecule has 0 amide bonds. The molecule has 0 spiro atoms. The van der Waals surface area contributed by atoms with Crippen molar-refractivity contribution in [3.8, 4) is 33.6 Å². The summed E-state index contributed by atoms with van der Waals surface area (Å²) in [6.07, 6.45) is 7.82. The Hall–Kier alpha value is -4.96. The van der Waals surface area contributed by atoms with Crippen molar-refractivity contribution < 1.29 is 24.5 Å². The molecule has 0 unspecified atom stereocenters. The minimum Gasteiger partial charge on any atom is -0.500 e. The summed E-state index contributed by atoms with van der Waals surface area (Å²) < 4.78 is 6.45. The predicted molar refractivity (Wildman–Crippen MR) is 230 cm³/mol. The van der Waals surface area contributed by atoms with Crippen molar-refractivity contribution in [3.05, 3.63) is 149 Å². The third-order valence-electron chi connectivity index (χ3n) is 10.1. The fourth-order valence-electron chi connectivity index (χ4n) is 7.25. The largest absolute Gasteiger partial charge is 0.500 e. The molecule has 0 aliphatic rings. The normalized spacial score (nSPS) is 11.8. The van der Waals surface area contributed by atoms with Gasteiger partial charge in [0, 0.05) is 60.5 Å². The average molecular weight is 914 g/mol. The van der Waals surface area contributed by atoms with Gasteiger partial charge in [-0.3, -0.25) is 4.98 Å². The summed E-state index contributed by atoms with van der Waals surface area (Å²) in [7, 11) is 0. The van der Waals surface area contributed by atoms with Gasteiger partial charge in [0.25, 0.3) is 0 Å². The van der Waals surface area contributed by atoms with Gasteiger partial charge >= 0.3 is 0 Å². The minimum absolute atomic E-state index is 0. The molecule has 56 heavy (non-hydrogen) atoms. The smallest absolute Gasteiger partial charge is 0.128 e. The number of benzene rings is 4. The Morgan fingerprint density at radius 2 is 1.30 bits per heavy atom. The van der Waals surface area contributed by atoms with Crippen LogP contribution in [0.4, 0.5) is 0 Å². The first-order valence-corrected chi connectivity index (χ1v) is 19.2. The zero-order valence-electron chi connectivity index (χ0n) is 34.3. The Balaban J connectivity index is 0.000000188. The van der Waals surface area contributed by atoms with E-state index >= 15 is 0 Å². The van der Waals surface area contributed by atoms with E-state index in [0.717, 1.165) is 73.8 Å². The van der Waals surface area contributed by atoms with Gasteiger partial charge in [0.1, 0.15) is 5.58 Å². The number of aryl methyl sites for hydroxylation is 4. The number of fused-ring (bicyclic) bond motifs is 5. The number of hydrogen-bond acceptors (Lipinski definition) is 4. The van der Waals surface area contributed by atoms with E-state index in [2.05, 4.69) is 168 Å². The van der Waals surface area contributed by atoms with E-state index in [9.17, 15) is 0 Å². The molecule has 8 aromatic rings. The molecule has 4 heterocycles. The molecule has 1 radical (unpaired) electrons. The Morgan fingerprint density at radius 1 is 0.589 bits per heavy atom. The van der Waals surface area contributed by atoms with Crippen LogP contribution in [0, 0.1) is 50.7 Å². The second-order valence-corrected chi connectivity index (χ2v) is 17.5. The monoisotopic (exact) mass is 914 g/mol. The van der Waals surface area contributed by atoms with Gasteiger partial charge in [0.2, 0.25) is 0 Å². The second-order valence-electron chi connectivity index (χ2n) is 17.5. The number of furan rings is 1. The van der Waals surface area contributed by atoms with E-state index in [1.165, 1.54) is 38.9 Å². The van der Waals surface area contributed by atoms with Gasteiger partial charge in [0.05, 0.1) is 5.58 Å². The Kier molecular flexibility index (Phi) is 11.8. The second kappa shape index (κ2) is 16.3. The molecule has 0 saturated heterocycles. The summed E-state index contributed by atoms with van der Waals surface area (Å²) in [5.74, 6) is 0. The molecule has 5 heteroatoms. The van der Waals surface area contributed by atoms with Crippen LogP contribution in [0.15, 0.2) is 108 Å². The molecule has 0 aliphatic heterocycles. The molecule has 4 aromatic heterocycles. The standard InChI is InChI=1S/C26H23N2O.C25H28N.Ir/c1-16-12-22-18(15-28-16)8-9-20-19-6-5-7-21(24(19)29-25(20)22)23-13-17(10-11-27-23)14-26(2,3)4;1-17-7-10-22(24-13-18(2)19(3)16-26-24)14-23(17)21-11-8-20(9-12-21)15-25(4,5)6;/h5-6,8-13,15H,14H2,1-4H3;7-9,11-14,16H,15H2,1-6H3;/q2*-1;. The fraction of sp³-hybridized carbons (Fsp3) is 0.275. The summed E-state index contributed by atoms with van der Waals surface area (Å²) in [5.41, 5.74) is 16.0. The van der Waals surface area contributed by atoms with E-state index in [1.807, 2.05) is 31.6 Å². The number of hydrogen-bond donors (Lipinski definition) is 0. The Bertz CT molecular complexity index is 2660. The van der Waals surface area contributed by atoms with Crippen molar-refractivity contribution in [3.63, 3.8) is 0 Å². The number of pyridine rings is 3. The Morgan fingerprint density at radius 3 is 2.02 bits per heavy atom. The molecule has 0 N–H and O–H groups in total. The van der Waals surface area contributed by atoms with Crippen molar-refractivity contribution in [1.29, 1.82) is 0 Å². The topological polar surface area (TPSA) is 51.8 Å². The van der Waals surface area contributed by atoms with Crippen molar-refractivity contribution in [2.45, 2.75) is 82.1 Å². The zero-order chi connectivity index (χ0) is 39.1. The molecule has 4 nitrogen and oxygen atoms in total. The maximum atomic E-state index is 6.45. The summed E-state index contributed by atoms with van der Waals surface area (Å²) in [6, 6.07) is 36.8. The third-order valence-corrected chi connectivity index (χ3v) is 10.1. The van der Waals surface area contributed by atoms with Gasteiger partial charge in [-0.1, -0.05) is 125 Å². The van der Waals surface area contributed by atoms with Gasteiger partial charge in [-0.15, -0.1) is 47.5 Å². The van der Waals surface area contributed by atoms with Crippen LogP contribution >= 0.6 is 0 Å². The first-order valence-electron chi connectivity index (χ1n) is 19.2. The van der Waals surface area contributed by atoms with Crippen LogP contribution in [0.5, 0.6) is 0 Å². The number of nitrogens with zero attached hydrogens (tertiary/aromatic N) is 3. The van der Waals surface area contributed by atoms with E-state index in [4.69, 9.17) is 4.42 Å². The molecule has 0 aliphatic carbocycles. The van der Waals surface area contributed by atoms with E-state index < -0.39 is 0 Å². The van der Waals surface area contributed by atoms with Gasteiger partial charge in [0.15, 0.2) is 0 Å². The van der Waals surface area contributed by atoms with Crippen LogP contribution in [-0.2, 0) is 32.9 Å². The Labute approximate surface area is 346 Å². The quantitative estimate of drug-likeness (QED) is 0.161. The number of aromatic nitrogens is 3. The van der Waals surface area contributed by atoms with Crippen molar-refractivity contribution in [2.24, 2.45) is 10.8 Å². The van der Waals surface area contributed by atoms with Gasteiger partial charge in [-0.25, -0.2) is 0 Å². The maximum absolute atomic E-state index is 6.45. The van der Waals surface area contributed by atoms with Crippen LogP contribution in [0.2, 0.25) is 0 Å². The molecular weight excluding hydrogens is 863 g/mol. The predicted octanol–water partition coefficient (Wildman–Crippen LogP) is 13.6. The van der Waals surface area contributed by atoms with Crippen LogP contribution in [0.3, 0.4) is 0 Å². The maximum Gasteiger partial charge on any atom is 0.128 e. The molecule has 8 rings (SSSR count). The van der Waals surface area contributed by atoms with Gasteiger partial charge in [-0.2, -0.15) is 0 Å². The molecule has 4 aromatic carbocycles. The molecule has 0 saturated carbocycles. The first kappa shape index (κ1) is 40.7. The number of rotatable bonds is 5. The molecule has 0 bridgehead atoms. The summed E-state index contributed by atoms with van der Waals surface area (Å²) >= 11 is 0. The summed E-state index contributed by atoms with van der Waals surface area (Å²) in [4.78, 5) is 13.6. The van der Waals surface area contributed by atoms with Crippen molar-refractivity contribution >= 4 is 32.7 Å². The van der Waals surface area contributed by atoms with E-state index in [0.29, 0.717) is 5.41 Å². The van der Waals surface area contributed by atoms with Gasteiger partial charge < -0.3 is 14.4 Å². The average Bonchev–Trinajstić information content (AvgIpc) is 3.52. The summed E-state index contributed by atoms with van der Waals surface area (Å²) in [6.45, 7) is 22.0. The molecule has 0 fully saturated rings. The summed E-state index contributed by atoms with van der Waals surface area (Å²) in [5, 5.41) is 4.37. The van der Waals surface area contributed by atoms with Gasteiger partial charge in [-0.05, 0) is 84.7 Å². The van der Waals surface area contributed by atoms with E-state index in [-0.39, 0.29) is 25.5 Å². The van der Waals surface area contributed by atoms with Crippen LogP contribution in [0.1, 0.15) is 75.1 Å². The third kappa shape index (κ3) is 9.18. The molecule has 0 atom stereocenters. The SMILES string of the molecule is Cc1cc2c(ccc3c4cc[c-]c(-c5cc(CC(C)(C)C)ccn5)c4oc23)cn1.Cc1cnc(-c2[c-]cc(C)c(-c3ccc(CC(C)(C)C)cc3)c2)cc1C.[Ir]. The minimum atomic E-state index is 0. The van der Waals surface area contributed by atoms with E-state index in [1.54, 1.807) is 0 Å². The van der Waals surface area contributed by atoms with Crippen LogP contribution in [0.25, 0.3) is 66.4 Å².